The normalized spacial score (nSPS) is 11.2. The summed E-state index contributed by atoms with van der Waals surface area (Å²) in [5.74, 6) is -0.672. The van der Waals surface area contributed by atoms with Crippen LogP contribution in [0.1, 0.15) is 21.7 Å². The number of carbonyl (C=O) groups excluding carboxylic acids is 2. The minimum atomic E-state index is -3.84. The van der Waals surface area contributed by atoms with Gasteiger partial charge in [0.2, 0.25) is 15.8 Å². The number of benzene rings is 2. The van der Waals surface area contributed by atoms with E-state index in [1.807, 2.05) is 0 Å². The van der Waals surface area contributed by atoms with Gasteiger partial charge in [0.15, 0.2) is 12.4 Å². The summed E-state index contributed by atoms with van der Waals surface area (Å²) in [6.07, 6.45) is 1.37. The highest BCUT2D eigenvalue weighted by molar-refractivity contribution is 7.89. The molecule has 0 aliphatic rings. The standard InChI is InChI=1S/C20H17ClN2O6S/c1-12-9-14(30(22,26)27)5-6-16(12)23-19(24)11-29-17-7-4-13(21)10-15(17)20(25)18-3-2-8-28-18/h2-10H,11H2,1H3,(H,23,24)(H2,22,26,27). The zero-order valence-corrected chi connectivity index (χ0v) is 17.3. The first kappa shape index (κ1) is 21.6. The lowest BCUT2D eigenvalue weighted by molar-refractivity contribution is -0.118. The summed E-state index contributed by atoms with van der Waals surface area (Å²) < 4.78 is 33.4. The van der Waals surface area contributed by atoms with Gasteiger partial charge in [0.25, 0.3) is 5.91 Å². The molecule has 0 unspecified atom stereocenters. The number of nitrogens with one attached hydrogen (secondary N) is 1. The SMILES string of the molecule is Cc1cc(S(N)(=O)=O)ccc1NC(=O)COc1ccc(Cl)cc1C(=O)c1ccco1. The van der Waals surface area contributed by atoms with Crippen molar-refractivity contribution in [2.45, 2.75) is 11.8 Å². The molecule has 3 rings (SSSR count). The van der Waals surface area contributed by atoms with Crippen molar-refractivity contribution >= 4 is 39.0 Å². The predicted octanol–water partition coefficient (Wildman–Crippen LogP) is 3.14. The second kappa shape index (κ2) is 8.70. The average molecular weight is 449 g/mol. The van der Waals surface area contributed by atoms with Gasteiger partial charge in [0, 0.05) is 10.7 Å². The van der Waals surface area contributed by atoms with E-state index in [1.54, 1.807) is 13.0 Å². The molecule has 10 heteroatoms. The highest BCUT2D eigenvalue weighted by Gasteiger charge is 2.19. The Kier molecular flexibility index (Phi) is 6.25. The third-order valence-electron chi connectivity index (χ3n) is 4.09. The number of carbonyl (C=O) groups is 2. The molecule has 3 aromatic rings. The van der Waals surface area contributed by atoms with E-state index in [0.717, 1.165) is 0 Å². The number of ketones is 1. The molecule has 156 valence electrons. The van der Waals surface area contributed by atoms with E-state index in [0.29, 0.717) is 16.3 Å². The largest absolute Gasteiger partial charge is 0.483 e. The van der Waals surface area contributed by atoms with Crippen molar-refractivity contribution in [3.8, 4) is 5.75 Å². The number of sulfonamides is 1. The fraction of sp³-hybridized carbons (Fsp3) is 0.100. The fourth-order valence-corrected chi connectivity index (χ4v) is 3.40. The van der Waals surface area contributed by atoms with E-state index < -0.39 is 28.3 Å². The van der Waals surface area contributed by atoms with Crippen molar-refractivity contribution < 1.29 is 27.2 Å². The van der Waals surface area contributed by atoms with Crippen LogP contribution in [0.3, 0.4) is 0 Å². The number of primary sulfonamides is 1. The molecule has 0 aliphatic heterocycles. The molecule has 0 atom stereocenters. The van der Waals surface area contributed by atoms with Crippen LogP contribution in [0.5, 0.6) is 5.75 Å². The van der Waals surface area contributed by atoms with E-state index in [4.69, 9.17) is 25.9 Å². The number of amides is 1. The van der Waals surface area contributed by atoms with Crippen LogP contribution >= 0.6 is 11.6 Å². The maximum absolute atomic E-state index is 12.6. The lowest BCUT2D eigenvalue weighted by Crippen LogP contribution is -2.21. The van der Waals surface area contributed by atoms with Crippen molar-refractivity contribution in [1.29, 1.82) is 0 Å². The Labute approximate surface area is 177 Å². The van der Waals surface area contributed by atoms with E-state index in [-0.39, 0.29) is 22.0 Å². The van der Waals surface area contributed by atoms with Gasteiger partial charge < -0.3 is 14.5 Å². The summed E-state index contributed by atoms with van der Waals surface area (Å²) in [6.45, 7) is 1.24. The van der Waals surface area contributed by atoms with Gasteiger partial charge in [-0.2, -0.15) is 0 Å². The Balaban J connectivity index is 1.72. The summed E-state index contributed by atoms with van der Waals surface area (Å²) in [7, 11) is -3.84. The molecular formula is C20H17ClN2O6S. The van der Waals surface area contributed by atoms with Crippen LogP contribution in [0.4, 0.5) is 5.69 Å². The molecule has 1 heterocycles. The van der Waals surface area contributed by atoms with Crippen LogP contribution in [0.25, 0.3) is 0 Å². The second-order valence-electron chi connectivity index (χ2n) is 6.31. The summed E-state index contributed by atoms with van der Waals surface area (Å²) in [5, 5.41) is 8.04. The Bertz CT molecular complexity index is 1210. The molecule has 0 saturated carbocycles. The highest BCUT2D eigenvalue weighted by Crippen LogP contribution is 2.26. The average Bonchev–Trinajstić information content (AvgIpc) is 3.22. The molecule has 0 spiro atoms. The Morgan fingerprint density at radius 3 is 2.57 bits per heavy atom. The summed E-state index contributed by atoms with van der Waals surface area (Å²) in [6, 6.07) is 11.6. The van der Waals surface area contributed by atoms with E-state index >= 15 is 0 Å². The summed E-state index contributed by atoms with van der Waals surface area (Å²) >= 11 is 5.99. The first-order valence-electron chi connectivity index (χ1n) is 8.59. The molecule has 0 radical (unpaired) electrons. The number of anilines is 1. The molecular weight excluding hydrogens is 432 g/mol. The van der Waals surface area contributed by atoms with Crippen molar-refractivity contribution in [3.05, 3.63) is 76.7 Å². The molecule has 8 nitrogen and oxygen atoms in total. The zero-order chi connectivity index (χ0) is 21.9. The monoisotopic (exact) mass is 448 g/mol. The fourth-order valence-electron chi connectivity index (χ4n) is 2.63. The number of furan rings is 1. The van der Waals surface area contributed by atoms with Gasteiger partial charge in [0.1, 0.15) is 5.75 Å². The van der Waals surface area contributed by atoms with Gasteiger partial charge >= 0.3 is 0 Å². The second-order valence-corrected chi connectivity index (χ2v) is 8.30. The molecule has 3 N–H and O–H groups in total. The first-order valence-corrected chi connectivity index (χ1v) is 10.5. The molecule has 0 fully saturated rings. The number of hydrogen-bond donors (Lipinski definition) is 2. The zero-order valence-electron chi connectivity index (χ0n) is 15.7. The number of rotatable bonds is 7. The predicted molar refractivity (Wildman–Crippen MR) is 110 cm³/mol. The number of aryl methyl sites for hydroxylation is 1. The first-order chi connectivity index (χ1) is 14.1. The lowest BCUT2D eigenvalue weighted by atomic mass is 10.1. The quantitative estimate of drug-likeness (QED) is 0.534. The van der Waals surface area contributed by atoms with Crippen LogP contribution in [-0.2, 0) is 14.8 Å². The van der Waals surface area contributed by atoms with Gasteiger partial charge in [-0.05, 0) is 61.0 Å². The van der Waals surface area contributed by atoms with Gasteiger partial charge in [-0.3, -0.25) is 9.59 Å². The number of hydrogen-bond acceptors (Lipinski definition) is 6. The van der Waals surface area contributed by atoms with Gasteiger partial charge in [0.05, 0.1) is 16.7 Å². The molecule has 0 aliphatic carbocycles. The van der Waals surface area contributed by atoms with Crippen LogP contribution < -0.4 is 15.2 Å². The van der Waals surface area contributed by atoms with Gasteiger partial charge in [-0.25, -0.2) is 13.6 Å². The molecule has 2 aromatic carbocycles. The third kappa shape index (κ3) is 5.07. The van der Waals surface area contributed by atoms with Gasteiger partial charge in [-0.15, -0.1) is 0 Å². The van der Waals surface area contributed by atoms with E-state index in [9.17, 15) is 18.0 Å². The Hall–Kier alpha value is -3.14. The van der Waals surface area contributed by atoms with Crippen LogP contribution in [-0.4, -0.2) is 26.7 Å². The molecule has 30 heavy (non-hydrogen) atoms. The third-order valence-corrected chi connectivity index (χ3v) is 5.24. The minimum Gasteiger partial charge on any atom is -0.483 e. The summed E-state index contributed by atoms with van der Waals surface area (Å²) in [5.41, 5.74) is 1.06. The smallest absolute Gasteiger partial charge is 0.262 e. The minimum absolute atomic E-state index is 0.0588. The molecule has 0 bridgehead atoms. The van der Waals surface area contributed by atoms with Crippen LogP contribution in [0, 0.1) is 6.92 Å². The van der Waals surface area contributed by atoms with E-state index in [1.165, 1.54) is 48.7 Å². The Morgan fingerprint density at radius 1 is 1.17 bits per heavy atom. The van der Waals surface area contributed by atoms with Crippen molar-refractivity contribution in [2.24, 2.45) is 5.14 Å². The van der Waals surface area contributed by atoms with Crippen LogP contribution in [0.2, 0.25) is 5.02 Å². The van der Waals surface area contributed by atoms with Crippen molar-refractivity contribution in [3.63, 3.8) is 0 Å². The van der Waals surface area contributed by atoms with Crippen molar-refractivity contribution in [2.75, 3.05) is 11.9 Å². The lowest BCUT2D eigenvalue weighted by Gasteiger charge is -2.12. The topological polar surface area (TPSA) is 129 Å². The number of halogens is 1. The van der Waals surface area contributed by atoms with Crippen LogP contribution in [0.15, 0.2) is 64.1 Å². The van der Waals surface area contributed by atoms with Gasteiger partial charge in [-0.1, -0.05) is 11.6 Å². The maximum Gasteiger partial charge on any atom is 0.262 e. The number of ether oxygens (including phenoxy) is 1. The maximum atomic E-state index is 12.6. The molecule has 1 aromatic heterocycles. The van der Waals surface area contributed by atoms with Crippen molar-refractivity contribution in [1.82, 2.24) is 0 Å². The molecule has 0 saturated heterocycles. The number of nitrogens with two attached hydrogens (primary N) is 1. The summed E-state index contributed by atoms with van der Waals surface area (Å²) in [4.78, 5) is 24.8. The van der Waals surface area contributed by atoms with E-state index in [2.05, 4.69) is 5.32 Å². The highest BCUT2D eigenvalue weighted by atomic mass is 35.5. The molecule has 1 amide bonds. The Morgan fingerprint density at radius 2 is 1.93 bits per heavy atom.